The molecule has 0 unspecified atom stereocenters. The number of hydrogen-bond acceptors (Lipinski definition) is 4. The molecule has 0 saturated heterocycles. The van der Waals surface area contributed by atoms with E-state index in [1.807, 2.05) is 24.3 Å². The maximum atomic E-state index is 13.5. The van der Waals surface area contributed by atoms with Crippen LogP contribution in [-0.4, -0.2) is 21.1 Å². The van der Waals surface area contributed by atoms with Gasteiger partial charge in [0.1, 0.15) is 30.8 Å². The van der Waals surface area contributed by atoms with Gasteiger partial charge in [-0.15, -0.1) is 10.2 Å². The van der Waals surface area contributed by atoms with Crippen molar-refractivity contribution in [1.29, 1.82) is 0 Å². The van der Waals surface area contributed by atoms with Gasteiger partial charge in [0.2, 0.25) is 0 Å². The zero-order valence-corrected chi connectivity index (χ0v) is 11.6. The van der Waals surface area contributed by atoms with Gasteiger partial charge < -0.3 is 4.74 Å². The first-order valence-corrected chi connectivity index (χ1v) is 6.66. The number of aromatic nitrogens is 3. The molecule has 5 nitrogen and oxygen atoms in total. The Bertz CT molecular complexity index is 771. The van der Waals surface area contributed by atoms with Crippen LogP contribution in [0, 0.1) is 5.82 Å². The van der Waals surface area contributed by atoms with Gasteiger partial charge in [0.05, 0.1) is 6.21 Å². The molecule has 0 amide bonds. The van der Waals surface area contributed by atoms with Gasteiger partial charge in [0, 0.05) is 5.56 Å². The highest BCUT2D eigenvalue weighted by molar-refractivity contribution is 5.80. The molecule has 0 aliphatic rings. The summed E-state index contributed by atoms with van der Waals surface area (Å²) < 4.78 is 20.6. The van der Waals surface area contributed by atoms with Crippen molar-refractivity contribution >= 4 is 6.21 Å². The standard InChI is InChI=1S/C16H13FN4O/c17-16-7-2-1-5-14(16)10-22-15-6-3-4-13(8-15)9-20-21-11-18-19-12-21/h1-9,11-12H,10H2. The molecule has 3 aromatic rings. The number of nitrogens with zero attached hydrogens (tertiary/aromatic N) is 4. The van der Waals surface area contributed by atoms with Gasteiger partial charge in [-0.1, -0.05) is 30.3 Å². The lowest BCUT2D eigenvalue weighted by Crippen LogP contribution is -1.98. The van der Waals surface area contributed by atoms with Crippen LogP contribution in [-0.2, 0) is 6.61 Å². The van der Waals surface area contributed by atoms with Gasteiger partial charge in [-0.2, -0.15) is 5.10 Å². The molecule has 22 heavy (non-hydrogen) atoms. The average Bonchev–Trinajstić information content (AvgIpc) is 3.06. The molecule has 0 bridgehead atoms. The fourth-order valence-corrected chi connectivity index (χ4v) is 1.85. The van der Waals surface area contributed by atoms with Crippen LogP contribution in [0.4, 0.5) is 4.39 Å². The largest absolute Gasteiger partial charge is 0.489 e. The van der Waals surface area contributed by atoms with Crippen molar-refractivity contribution in [2.24, 2.45) is 5.10 Å². The highest BCUT2D eigenvalue weighted by Gasteiger charge is 2.02. The van der Waals surface area contributed by atoms with E-state index in [9.17, 15) is 4.39 Å². The summed E-state index contributed by atoms with van der Waals surface area (Å²) >= 11 is 0. The molecule has 0 saturated carbocycles. The van der Waals surface area contributed by atoms with E-state index in [1.54, 1.807) is 24.4 Å². The van der Waals surface area contributed by atoms with Crippen LogP contribution < -0.4 is 4.74 Å². The molecule has 0 fully saturated rings. The summed E-state index contributed by atoms with van der Waals surface area (Å²) in [5, 5.41) is 11.5. The quantitative estimate of drug-likeness (QED) is 0.680. The highest BCUT2D eigenvalue weighted by atomic mass is 19.1. The van der Waals surface area contributed by atoms with E-state index in [2.05, 4.69) is 15.3 Å². The second-order valence-electron chi connectivity index (χ2n) is 4.54. The summed E-state index contributed by atoms with van der Waals surface area (Å²) in [6, 6.07) is 13.9. The van der Waals surface area contributed by atoms with Crippen molar-refractivity contribution < 1.29 is 9.13 Å². The minimum atomic E-state index is -0.271. The maximum absolute atomic E-state index is 13.5. The van der Waals surface area contributed by atoms with Crippen LogP contribution >= 0.6 is 0 Å². The summed E-state index contributed by atoms with van der Waals surface area (Å²) in [5.74, 6) is 0.379. The van der Waals surface area contributed by atoms with E-state index in [0.717, 1.165) is 5.56 Å². The third-order valence-electron chi connectivity index (χ3n) is 2.96. The topological polar surface area (TPSA) is 52.3 Å². The van der Waals surface area contributed by atoms with Crippen LogP contribution in [0.2, 0.25) is 0 Å². The zero-order valence-electron chi connectivity index (χ0n) is 11.6. The third kappa shape index (κ3) is 3.54. The Kier molecular flexibility index (Phi) is 4.20. The second kappa shape index (κ2) is 6.62. The van der Waals surface area contributed by atoms with Crippen molar-refractivity contribution in [1.82, 2.24) is 14.9 Å². The van der Waals surface area contributed by atoms with E-state index >= 15 is 0 Å². The highest BCUT2D eigenvalue weighted by Crippen LogP contribution is 2.15. The van der Waals surface area contributed by atoms with Crippen LogP contribution in [0.15, 0.2) is 66.3 Å². The number of benzene rings is 2. The van der Waals surface area contributed by atoms with Crippen molar-refractivity contribution in [3.8, 4) is 5.75 Å². The smallest absolute Gasteiger partial charge is 0.141 e. The zero-order chi connectivity index (χ0) is 15.2. The van der Waals surface area contributed by atoms with Crippen LogP contribution in [0.3, 0.4) is 0 Å². The Morgan fingerprint density at radius 3 is 2.73 bits per heavy atom. The van der Waals surface area contributed by atoms with Gasteiger partial charge in [-0.25, -0.2) is 9.07 Å². The van der Waals surface area contributed by atoms with E-state index < -0.39 is 0 Å². The number of halogens is 1. The first kappa shape index (κ1) is 13.9. The van der Waals surface area contributed by atoms with Gasteiger partial charge in [-0.05, 0) is 23.8 Å². The summed E-state index contributed by atoms with van der Waals surface area (Å²) in [5.41, 5.74) is 1.38. The Hall–Kier alpha value is -3.02. The normalized spacial score (nSPS) is 11.0. The maximum Gasteiger partial charge on any atom is 0.141 e. The van der Waals surface area contributed by atoms with Crippen molar-refractivity contribution in [3.05, 3.63) is 78.1 Å². The van der Waals surface area contributed by atoms with Crippen molar-refractivity contribution in [3.63, 3.8) is 0 Å². The number of rotatable bonds is 5. The summed E-state index contributed by atoms with van der Waals surface area (Å²) in [6.45, 7) is 0.179. The molecular weight excluding hydrogens is 283 g/mol. The van der Waals surface area contributed by atoms with E-state index in [-0.39, 0.29) is 12.4 Å². The van der Waals surface area contributed by atoms with Gasteiger partial charge >= 0.3 is 0 Å². The molecule has 0 aliphatic carbocycles. The third-order valence-corrected chi connectivity index (χ3v) is 2.96. The monoisotopic (exact) mass is 296 g/mol. The molecule has 6 heteroatoms. The molecule has 110 valence electrons. The lowest BCUT2D eigenvalue weighted by Gasteiger charge is -2.07. The number of ether oxygens (including phenoxy) is 1. The summed E-state index contributed by atoms with van der Waals surface area (Å²) in [6.07, 6.45) is 4.66. The van der Waals surface area contributed by atoms with Crippen LogP contribution in [0.1, 0.15) is 11.1 Å². The minimum absolute atomic E-state index is 0.179. The molecule has 1 aromatic heterocycles. The first-order valence-electron chi connectivity index (χ1n) is 6.66. The SMILES string of the molecule is Fc1ccccc1COc1cccc(C=Nn2cnnc2)c1. The fourth-order valence-electron chi connectivity index (χ4n) is 1.85. The Balaban J connectivity index is 1.68. The molecule has 0 N–H and O–H groups in total. The molecule has 0 radical (unpaired) electrons. The van der Waals surface area contributed by atoms with Crippen molar-refractivity contribution in [2.45, 2.75) is 6.61 Å². The second-order valence-corrected chi connectivity index (χ2v) is 4.54. The van der Waals surface area contributed by atoms with Gasteiger partial charge in [0.15, 0.2) is 0 Å². The lowest BCUT2D eigenvalue weighted by molar-refractivity contribution is 0.300. The predicted octanol–water partition coefficient (Wildman–Crippen LogP) is 2.88. The summed E-state index contributed by atoms with van der Waals surface area (Å²) in [7, 11) is 0. The Morgan fingerprint density at radius 2 is 1.91 bits per heavy atom. The van der Waals surface area contributed by atoms with E-state index in [4.69, 9.17) is 4.74 Å². The first-order chi connectivity index (χ1) is 10.8. The molecular formula is C16H13FN4O. The molecule has 0 aliphatic heterocycles. The van der Waals surface area contributed by atoms with Gasteiger partial charge in [-0.3, -0.25) is 0 Å². The minimum Gasteiger partial charge on any atom is -0.489 e. The fraction of sp³-hybridized carbons (Fsp3) is 0.0625. The Morgan fingerprint density at radius 1 is 1.09 bits per heavy atom. The van der Waals surface area contributed by atoms with Gasteiger partial charge in [0.25, 0.3) is 0 Å². The van der Waals surface area contributed by atoms with E-state index in [0.29, 0.717) is 11.3 Å². The predicted molar refractivity (Wildman–Crippen MR) is 80.2 cm³/mol. The average molecular weight is 296 g/mol. The summed E-state index contributed by atoms with van der Waals surface area (Å²) in [4.78, 5) is 0. The number of hydrogen-bond donors (Lipinski definition) is 0. The molecule has 1 heterocycles. The van der Waals surface area contributed by atoms with Crippen LogP contribution in [0.5, 0.6) is 5.75 Å². The van der Waals surface area contributed by atoms with Crippen molar-refractivity contribution in [2.75, 3.05) is 0 Å². The molecule has 0 atom stereocenters. The molecule has 2 aromatic carbocycles. The lowest BCUT2D eigenvalue weighted by atomic mass is 10.2. The van der Waals surface area contributed by atoms with Crippen LogP contribution in [0.25, 0.3) is 0 Å². The Labute approximate surface area is 126 Å². The molecule has 3 rings (SSSR count). The van der Waals surface area contributed by atoms with E-state index in [1.165, 1.54) is 23.4 Å². The molecule has 0 spiro atoms.